The van der Waals surface area contributed by atoms with E-state index in [2.05, 4.69) is 0 Å². The third kappa shape index (κ3) is 2.20. The van der Waals surface area contributed by atoms with Gasteiger partial charge in [-0.2, -0.15) is 4.57 Å². The topological polar surface area (TPSA) is 44.0 Å². The minimum Gasteiger partial charge on any atom is -0.545 e. The molecule has 0 atom stereocenters. The second kappa shape index (κ2) is 3.67. The summed E-state index contributed by atoms with van der Waals surface area (Å²) in [6.45, 7) is 1.50. The molecule has 0 amide bonds. The van der Waals surface area contributed by atoms with Gasteiger partial charge in [0.2, 0.25) is 0 Å². The van der Waals surface area contributed by atoms with E-state index in [9.17, 15) is 9.90 Å². The minimum absolute atomic E-state index is 0.200. The van der Waals surface area contributed by atoms with Crippen molar-refractivity contribution < 1.29 is 14.5 Å². The molecule has 3 nitrogen and oxygen atoms in total. The first kappa shape index (κ1) is 8.46. The van der Waals surface area contributed by atoms with Gasteiger partial charge in [0.05, 0.1) is 5.97 Å². The third-order valence-electron chi connectivity index (χ3n) is 1.40. The fraction of sp³-hybridized carbons (Fsp3) is 0.111. The van der Waals surface area contributed by atoms with E-state index >= 15 is 0 Å². The summed E-state index contributed by atoms with van der Waals surface area (Å²) < 4.78 is 1.66. The van der Waals surface area contributed by atoms with Crippen molar-refractivity contribution in [2.24, 2.45) is 0 Å². The molecular formula is C9H9NO2. The summed E-state index contributed by atoms with van der Waals surface area (Å²) in [6.07, 6.45) is 5.01. The van der Waals surface area contributed by atoms with Gasteiger partial charge in [-0.05, 0) is 6.92 Å². The number of rotatable bonds is 2. The summed E-state index contributed by atoms with van der Waals surface area (Å²) in [5, 5.41) is 10.3. The van der Waals surface area contributed by atoms with Crippen molar-refractivity contribution in [2.75, 3.05) is 0 Å². The maximum absolute atomic E-state index is 10.3. The highest BCUT2D eigenvalue weighted by Crippen LogP contribution is 1.87. The van der Waals surface area contributed by atoms with Crippen LogP contribution in [0.1, 0.15) is 6.92 Å². The van der Waals surface area contributed by atoms with Crippen molar-refractivity contribution in [1.82, 2.24) is 0 Å². The molecule has 1 heterocycles. The van der Waals surface area contributed by atoms with Gasteiger partial charge in [-0.15, -0.1) is 0 Å². The summed E-state index contributed by atoms with van der Waals surface area (Å²) in [6, 6.07) is 5.50. The summed E-state index contributed by atoms with van der Waals surface area (Å²) >= 11 is 0. The van der Waals surface area contributed by atoms with E-state index in [-0.39, 0.29) is 5.57 Å². The van der Waals surface area contributed by atoms with Crippen molar-refractivity contribution in [3.8, 4) is 0 Å². The number of aromatic nitrogens is 1. The molecule has 0 saturated carbocycles. The molecule has 0 aliphatic carbocycles. The maximum atomic E-state index is 10.3. The average Bonchev–Trinajstić information content (AvgIpc) is 2.06. The molecule has 0 N–H and O–H groups in total. The maximum Gasteiger partial charge on any atom is 0.179 e. The summed E-state index contributed by atoms with van der Waals surface area (Å²) in [7, 11) is 0. The monoisotopic (exact) mass is 163 g/mol. The van der Waals surface area contributed by atoms with Crippen LogP contribution in [0.25, 0.3) is 6.20 Å². The van der Waals surface area contributed by atoms with Gasteiger partial charge in [-0.3, -0.25) is 0 Å². The van der Waals surface area contributed by atoms with E-state index in [0.717, 1.165) is 0 Å². The lowest BCUT2D eigenvalue weighted by Gasteiger charge is -1.96. The first-order chi connectivity index (χ1) is 5.70. The number of hydrogen-bond donors (Lipinski definition) is 0. The molecule has 0 saturated heterocycles. The van der Waals surface area contributed by atoms with E-state index < -0.39 is 5.97 Å². The van der Waals surface area contributed by atoms with Crippen LogP contribution in [0, 0.1) is 0 Å². The van der Waals surface area contributed by atoms with Crippen molar-refractivity contribution in [1.29, 1.82) is 0 Å². The lowest BCUT2D eigenvalue weighted by Crippen LogP contribution is -2.29. The number of carbonyl (C=O) groups excluding carboxylic acids is 1. The summed E-state index contributed by atoms with van der Waals surface area (Å²) in [5.41, 5.74) is 0.200. The molecule has 12 heavy (non-hydrogen) atoms. The van der Waals surface area contributed by atoms with Gasteiger partial charge in [0.1, 0.15) is 0 Å². The van der Waals surface area contributed by atoms with Crippen LogP contribution in [0.4, 0.5) is 0 Å². The zero-order chi connectivity index (χ0) is 8.97. The van der Waals surface area contributed by atoms with Crippen LogP contribution < -0.4 is 9.67 Å². The number of carbonyl (C=O) groups is 1. The molecule has 0 spiro atoms. The van der Waals surface area contributed by atoms with Crippen LogP contribution in [0.3, 0.4) is 0 Å². The fourth-order valence-electron chi connectivity index (χ4n) is 0.774. The Hall–Kier alpha value is -1.64. The Bertz CT molecular complexity index is 304. The predicted molar refractivity (Wildman–Crippen MR) is 41.6 cm³/mol. The highest BCUT2D eigenvalue weighted by molar-refractivity contribution is 5.86. The zero-order valence-electron chi connectivity index (χ0n) is 6.73. The smallest absolute Gasteiger partial charge is 0.179 e. The van der Waals surface area contributed by atoms with E-state index in [1.54, 1.807) is 17.0 Å². The van der Waals surface area contributed by atoms with E-state index in [1.807, 2.05) is 18.2 Å². The van der Waals surface area contributed by atoms with Crippen LogP contribution in [-0.2, 0) is 4.79 Å². The molecule has 0 bridgehead atoms. The zero-order valence-corrected chi connectivity index (χ0v) is 6.73. The highest BCUT2D eigenvalue weighted by atomic mass is 16.4. The third-order valence-corrected chi connectivity index (χ3v) is 1.40. The van der Waals surface area contributed by atoms with Gasteiger partial charge in [-0.1, -0.05) is 6.07 Å². The van der Waals surface area contributed by atoms with Gasteiger partial charge < -0.3 is 9.90 Å². The Balaban J connectivity index is 2.89. The van der Waals surface area contributed by atoms with E-state index in [1.165, 1.54) is 13.1 Å². The molecule has 1 aromatic heterocycles. The highest BCUT2D eigenvalue weighted by Gasteiger charge is 1.95. The van der Waals surface area contributed by atoms with E-state index in [0.29, 0.717) is 0 Å². The molecule has 0 aliphatic heterocycles. The largest absolute Gasteiger partial charge is 0.545 e. The van der Waals surface area contributed by atoms with Crippen molar-refractivity contribution in [3.63, 3.8) is 0 Å². The van der Waals surface area contributed by atoms with Gasteiger partial charge in [-0.25, -0.2) is 0 Å². The van der Waals surface area contributed by atoms with Crippen LogP contribution in [0.15, 0.2) is 36.2 Å². The molecule has 0 aliphatic rings. The normalized spacial score (nSPS) is 11.2. The average molecular weight is 163 g/mol. The number of hydrogen-bond acceptors (Lipinski definition) is 2. The lowest BCUT2D eigenvalue weighted by atomic mass is 10.3. The lowest BCUT2D eigenvalue weighted by molar-refractivity contribution is -0.568. The molecule has 0 aromatic carbocycles. The van der Waals surface area contributed by atoms with Crippen molar-refractivity contribution in [2.45, 2.75) is 6.92 Å². The van der Waals surface area contributed by atoms with Gasteiger partial charge in [0, 0.05) is 17.7 Å². The quantitative estimate of drug-likeness (QED) is 0.439. The number of nitrogens with zero attached hydrogens (tertiary/aromatic N) is 1. The minimum atomic E-state index is -1.15. The molecule has 0 radical (unpaired) electrons. The Morgan fingerprint density at radius 2 is 1.92 bits per heavy atom. The molecule has 3 heteroatoms. The first-order valence-electron chi connectivity index (χ1n) is 3.55. The SMILES string of the molecule is CC(=C[n+]1ccccc1)C(=O)[O-]. The van der Waals surface area contributed by atoms with Gasteiger partial charge >= 0.3 is 0 Å². The Kier molecular flexibility index (Phi) is 2.58. The number of carboxylic acid groups (broad SMARTS) is 1. The molecule has 0 fully saturated rings. The molecular weight excluding hydrogens is 154 g/mol. The second-order valence-electron chi connectivity index (χ2n) is 2.42. The predicted octanol–water partition coefficient (Wildman–Crippen LogP) is -0.415. The van der Waals surface area contributed by atoms with Gasteiger partial charge in [0.25, 0.3) is 0 Å². The molecule has 1 aromatic rings. The number of pyridine rings is 1. The second-order valence-corrected chi connectivity index (χ2v) is 2.42. The first-order valence-corrected chi connectivity index (χ1v) is 3.55. The standard InChI is InChI=1S/C9H9NO2/c1-8(9(11)12)7-10-5-3-2-4-6-10/h2-7H,1H3. The number of aliphatic carboxylic acids is 1. The van der Waals surface area contributed by atoms with Crippen LogP contribution in [0.5, 0.6) is 0 Å². The Labute approximate surface area is 70.6 Å². The number of carboxylic acids is 1. The van der Waals surface area contributed by atoms with Crippen molar-refractivity contribution in [3.05, 3.63) is 36.2 Å². The van der Waals surface area contributed by atoms with Crippen molar-refractivity contribution >= 4 is 12.2 Å². The molecule has 62 valence electrons. The Morgan fingerprint density at radius 3 is 2.42 bits per heavy atom. The summed E-state index contributed by atoms with van der Waals surface area (Å²) in [5.74, 6) is -1.15. The van der Waals surface area contributed by atoms with Crippen LogP contribution in [-0.4, -0.2) is 5.97 Å². The molecule has 0 unspecified atom stereocenters. The van der Waals surface area contributed by atoms with Gasteiger partial charge in [0.15, 0.2) is 18.6 Å². The molecule has 1 rings (SSSR count). The Morgan fingerprint density at radius 1 is 1.33 bits per heavy atom. The van der Waals surface area contributed by atoms with E-state index in [4.69, 9.17) is 0 Å². The summed E-state index contributed by atoms with van der Waals surface area (Å²) in [4.78, 5) is 10.3. The van der Waals surface area contributed by atoms with Crippen LogP contribution >= 0.6 is 0 Å². The fourth-order valence-corrected chi connectivity index (χ4v) is 0.774. The van der Waals surface area contributed by atoms with Crippen LogP contribution in [0.2, 0.25) is 0 Å².